The van der Waals surface area contributed by atoms with Crippen LogP contribution >= 0.6 is 23.2 Å². The summed E-state index contributed by atoms with van der Waals surface area (Å²) in [5, 5.41) is 4.16. The van der Waals surface area contributed by atoms with E-state index in [4.69, 9.17) is 23.2 Å². The monoisotopic (exact) mass is 316 g/mol. The maximum Gasteiger partial charge on any atom is 0.142 e. The number of hydrogen-bond donors (Lipinski definition) is 1. The molecule has 2 fully saturated rings. The Hall–Kier alpha value is -0.350. The van der Waals surface area contributed by atoms with Crippen molar-refractivity contribution in [2.24, 2.45) is 0 Å². The fraction of sp³-hybridized carbons (Fsp3) is 0.600. The number of hydrogen-bond acceptors (Lipinski definition) is 2. The predicted molar refractivity (Wildman–Crippen MR) is 81.0 cm³/mol. The van der Waals surface area contributed by atoms with Crippen LogP contribution in [0.25, 0.3) is 0 Å². The molecule has 2 aliphatic rings. The molecule has 3 rings (SSSR count). The molecule has 0 amide bonds. The van der Waals surface area contributed by atoms with Gasteiger partial charge in [-0.05, 0) is 43.9 Å². The van der Waals surface area contributed by atoms with Crippen LogP contribution in [0.1, 0.15) is 37.8 Å². The summed E-state index contributed by atoms with van der Waals surface area (Å²) < 4.78 is 13.6. The van der Waals surface area contributed by atoms with Crippen molar-refractivity contribution in [1.82, 2.24) is 10.2 Å². The summed E-state index contributed by atoms with van der Waals surface area (Å²) in [5.41, 5.74) is 0.776. The molecule has 2 unspecified atom stereocenters. The molecule has 0 aromatic heterocycles. The average molecular weight is 317 g/mol. The smallest absolute Gasteiger partial charge is 0.142 e. The summed E-state index contributed by atoms with van der Waals surface area (Å²) in [5.74, 6) is -0.411. The first-order valence-electron chi connectivity index (χ1n) is 7.19. The standard InChI is InChI=1S/C15H19Cl2FN2/c1-9(12-6-15(18)14(17)7-13(12)16)19-10-4-5-20(8-10)11-2-3-11/h6-7,9-11,19H,2-5,8H2,1H3. The highest BCUT2D eigenvalue weighted by molar-refractivity contribution is 6.35. The third kappa shape index (κ3) is 3.11. The van der Waals surface area contributed by atoms with Crippen molar-refractivity contribution in [1.29, 1.82) is 0 Å². The second-order valence-electron chi connectivity index (χ2n) is 5.89. The zero-order valence-electron chi connectivity index (χ0n) is 11.5. The molecule has 1 saturated heterocycles. The third-order valence-electron chi connectivity index (χ3n) is 4.27. The Bertz CT molecular complexity index is 505. The molecule has 1 saturated carbocycles. The first-order chi connectivity index (χ1) is 9.54. The average Bonchev–Trinajstić information content (AvgIpc) is 3.15. The van der Waals surface area contributed by atoms with Crippen LogP contribution in [0.15, 0.2) is 12.1 Å². The highest BCUT2D eigenvalue weighted by Crippen LogP contribution is 2.32. The van der Waals surface area contributed by atoms with E-state index in [0.29, 0.717) is 11.1 Å². The molecule has 1 aliphatic carbocycles. The molecule has 2 atom stereocenters. The topological polar surface area (TPSA) is 15.3 Å². The fourth-order valence-electron chi connectivity index (χ4n) is 3.01. The van der Waals surface area contributed by atoms with Gasteiger partial charge in [0.25, 0.3) is 0 Å². The zero-order chi connectivity index (χ0) is 14.3. The Balaban J connectivity index is 1.64. The van der Waals surface area contributed by atoms with Gasteiger partial charge >= 0.3 is 0 Å². The fourth-order valence-corrected chi connectivity index (χ4v) is 3.55. The second kappa shape index (κ2) is 5.80. The van der Waals surface area contributed by atoms with Gasteiger partial charge in [-0.25, -0.2) is 4.39 Å². The van der Waals surface area contributed by atoms with Crippen LogP contribution in [0.3, 0.4) is 0 Å². The van der Waals surface area contributed by atoms with E-state index in [1.54, 1.807) is 0 Å². The van der Waals surface area contributed by atoms with Crippen LogP contribution in [0.4, 0.5) is 4.39 Å². The highest BCUT2D eigenvalue weighted by atomic mass is 35.5. The summed E-state index contributed by atoms with van der Waals surface area (Å²) in [6, 6.07) is 4.22. The van der Waals surface area contributed by atoms with E-state index in [1.807, 2.05) is 6.92 Å². The van der Waals surface area contributed by atoms with E-state index in [0.717, 1.165) is 31.1 Å². The Labute approximate surface area is 129 Å². The lowest BCUT2D eigenvalue weighted by Crippen LogP contribution is -2.35. The predicted octanol–water partition coefficient (Wildman–Crippen LogP) is 4.02. The Morgan fingerprint density at radius 3 is 2.70 bits per heavy atom. The number of halogens is 3. The van der Waals surface area contributed by atoms with Crippen LogP contribution in [-0.4, -0.2) is 30.1 Å². The Morgan fingerprint density at radius 1 is 1.25 bits per heavy atom. The summed E-state index contributed by atoms with van der Waals surface area (Å²) >= 11 is 11.9. The van der Waals surface area contributed by atoms with Gasteiger partial charge in [0.05, 0.1) is 5.02 Å². The second-order valence-corrected chi connectivity index (χ2v) is 6.70. The van der Waals surface area contributed by atoms with Gasteiger partial charge in [-0.2, -0.15) is 0 Å². The maximum atomic E-state index is 13.6. The molecule has 5 heteroatoms. The van der Waals surface area contributed by atoms with Gasteiger partial charge in [-0.1, -0.05) is 23.2 Å². The largest absolute Gasteiger partial charge is 0.306 e. The van der Waals surface area contributed by atoms with Crippen LogP contribution in [0, 0.1) is 5.82 Å². The molecule has 0 spiro atoms. The minimum atomic E-state index is -0.411. The third-order valence-corrected chi connectivity index (χ3v) is 4.89. The van der Waals surface area contributed by atoms with Gasteiger partial charge in [0.1, 0.15) is 5.82 Å². The number of rotatable bonds is 4. The van der Waals surface area contributed by atoms with Gasteiger partial charge in [0, 0.05) is 36.2 Å². The van der Waals surface area contributed by atoms with Crippen molar-refractivity contribution in [3.05, 3.63) is 33.6 Å². The van der Waals surface area contributed by atoms with Crippen molar-refractivity contribution in [3.63, 3.8) is 0 Å². The molecular formula is C15H19Cl2FN2. The lowest BCUT2D eigenvalue weighted by atomic mass is 10.1. The number of benzene rings is 1. The minimum absolute atomic E-state index is 0.0263. The van der Waals surface area contributed by atoms with Gasteiger partial charge in [-0.15, -0.1) is 0 Å². The summed E-state index contributed by atoms with van der Waals surface area (Å²) in [7, 11) is 0. The molecule has 110 valence electrons. The Morgan fingerprint density at radius 2 is 2.00 bits per heavy atom. The van der Waals surface area contributed by atoms with E-state index in [9.17, 15) is 4.39 Å². The lowest BCUT2D eigenvalue weighted by Gasteiger charge is -2.21. The van der Waals surface area contributed by atoms with Crippen molar-refractivity contribution in [2.75, 3.05) is 13.1 Å². The molecule has 1 heterocycles. The number of nitrogens with zero attached hydrogens (tertiary/aromatic N) is 1. The lowest BCUT2D eigenvalue weighted by molar-refractivity contribution is 0.313. The number of nitrogens with one attached hydrogen (secondary N) is 1. The number of likely N-dealkylation sites (tertiary alicyclic amines) is 1. The summed E-state index contributed by atoms with van der Waals surface area (Å²) in [6.45, 7) is 4.27. The SMILES string of the molecule is CC(NC1CCN(C2CC2)C1)c1cc(F)c(Cl)cc1Cl. The highest BCUT2D eigenvalue weighted by Gasteiger charge is 2.34. The summed E-state index contributed by atoms with van der Waals surface area (Å²) in [6.07, 6.45) is 3.83. The van der Waals surface area contributed by atoms with Crippen molar-refractivity contribution in [3.8, 4) is 0 Å². The van der Waals surface area contributed by atoms with Crippen LogP contribution in [0.5, 0.6) is 0 Å². The summed E-state index contributed by atoms with van der Waals surface area (Å²) in [4.78, 5) is 2.55. The molecule has 1 N–H and O–H groups in total. The van der Waals surface area contributed by atoms with E-state index in [-0.39, 0.29) is 11.1 Å². The van der Waals surface area contributed by atoms with E-state index < -0.39 is 5.82 Å². The quantitative estimate of drug-likeness (QED) is 0.844. The molecule has 1 aromatic rings. The maximum absolute atomic E-state index is 13.6. The van der Waals surface area contributed by atoms with Crippen LogP contribution in [0.2, 0.25) is 10.0 Å². The molecule has 0 bridgehead atoms. The normalized spacial score (nSPS) is 25.1. The van der Waals surface area contributed by atoms with Gasteiger partial charge in [0.2, 0.25) is 0 Å². The first-order valence-corrected chi connectivity index (χ1v) is 7.94. The van der Waals surface area contributed by atoms with Crippen molar-refractivity contribution >= 4 is 23.2 Å². The van der Waals surface area contributed by atoms with E-state index in [1.165, 1.54) is 25.0 Å². The molecule has 20 heavy (non-hydrogen) atoms. The molecule has 1 aliphatic heterocycles. The first kappa shape index (κ1) is 14.6. The van der Waals surface area contributed by atoms with Crippen molar-refractivity contribution in [2.45, 2.75) is 44.3 Å². The van der Waals surface area contributed by atoms with E-state index in [2.05, 4.69) is 10.2 Å². The van der Waals surface area contributed by atoms with Crippen LogP contribution in [-0.2, 0) is 0 Å². The van der Waals surface area contributed by atoms with Crippen molar-refractivity contribution < 1.29 is 4.39 Å². The van der Waals surface area contributed by atoms with Gasteiger partial charge in [0.15, 0.2) is 0 Å². The minimum Gasteiger partial charge on any atom is -0.306 e. The van der Waals surface area contributed by atoms with Crippen LogP contribution < -0.4 is 5.32 Å². The molecule has 0 radical (unpaired) electrons. The molecule has 1 aromatic carbocycles. The Kier molecular flexibility index (Phi) is 4.23. The van der Waals surface area contributed by atoms with Gasteiger partial charge in [-0.3, -0.25) is 4.90 Å². The van der Waals surface area contributed by atoms with E-state index >= 15 is 0 Å². The zero-order valence-corrected chi connectivity index (χ0v) is 13.0. The molecule has 2 nitrogen and oxygen atoms in total. The molecular weight excluding hydrogens is 298 g/mol. The van der Waals surface area contributed by atoms with Gasteiger partial charge < -0.3 is 5.32 Å².